The number of benzene rings is 1. The summed E-state index contributed by atoms with van der Waals surface area (Å²) in [6.07, 6.45) is 9.46. The molecule has 4 heterocycles. The molecule has 0 spiro atoms. The third-order valence-corrected chi connectivity index (χ3v) is 10.7. The smallest absolute Gasteiger partial charge is 0.323 e. The Balaban J connectivity index is 1.53. The first-order chi connectivity index (χ1) is 20.7. The number of thioether (sulfide) groups is 2. The van der Waals surface area contributed by atoms with Crippen LogP contribution < -0.4 is 29.1 Å². The van der Waals surface area contributed by atoms with Gasteiger partial charge in [0.15, 0.2) is 11.5 Å². The fourth-order valence-electron chi connectivity index (χ4n) is 4.82. The number of hydrogen-bond donors (Lipinski definition) is 2. The van der Waals surface area contributed by atoms with E-state index in [1.807, 2.05) is 0 Å². The van der Waals surface area contributed by atoms with Gasteiger partial charge in [-0.1, -0.05) is 74.8 Å². The van der Waals surface area contributed by atoms with Gasteiger partial charge < -0.3 is 24.6 Å². The van der Waals surface area contributed by atoms with Gasteiger partial charge in [-0.05, 0) is 18.6 Å². The van der Waals surface area contributed by atoms with Gasteiger partial charge in [0.05, 0.1) is 15.2 Å². The second kappa shape index (κ2) is 13.6. The first-order valence-corrected chi connectivity index (χ1v) is 16.6. The maximum atomic E-state index is 13.7. The van der Waals surface area contributed by atoms with E-state index in [-0.39, 0.29) is 28.1 Å². The average molecular weight is 664 g/mol. The zero-order valence-corrected chi connectivity index (χ0v) is 26.5. The molecule has 228 valence electrons. The van der Waals surface area contributed by atoms with Crippen LogP contribution in [0.5, 0.6) is 11.5 Å². The van der Waals surface area contributed by atoms with Crippen molar-refractivity contribution in [2.75, 3.05) is 24.8 Å². The standard InChI is InChI=1S/C28H29N3O8S4/c1-2-3-4-5-6-7-10-29-25(36)19(42-27(29)24-26(37)31(14-23(34)35)28(40)43-24)8-9-21-30(13-22(32)33)16-11-17-18(39-15-38-17)12-20(16)41-21/h8-9,11-12H,2-7,10,13-15H2,1H3,(H,32,33)(H,34,35)/b19-8?,21-9?,27-24-. The number of nitrogens with zero attached hydrogens (tertiary/aromatic N) is 3. The average Bonchev–Trinajstić information content (AvgIpc) is 3.70. The van der Waals surface area contributed by atoms with Crippen LogP contribution in [0.4, 0.5) is 5.69 Å². The lowest BCUT2D eigenvalue weighted by Gasteiger charge is -2.17. The number of thiazole rings is 1. The highest BCUT2D eigenvalue weighted by atomic mass is 32.2. The number of amides is 1. The summed E-state index contributed by atoms with van der Waals surface area (Å²) in [6, 6.07) is 3.55. The van der Waals surface area contributed by atoms with Crippen LogP contribution in [0.25, 0.3) is 11.0 Å². The largest absolute Gasteiger partial charge is 0.480 e. The zero-order valence-electron chi connectivity index (χ0n) is 23.2. The molecule has 43 heavy (non-hydrogen) atoms. The molecule has 5 rings (SSSR count). The molecule has 15 heteroatoms. The summed E-state index contributed by atoms with van der Waals surface area (Å²) in [5.41, 5.74) is 0.388. The minimum atomic E-state index is -1.18. The molecule has 1 amide bonds. The van der Waals surface area contributed by atoms with Gasteiger partial charge >= 0.3 is 11.9 Å². The van der Waals surface area contributed by atoms with Crippen LogP contribution in [-0.2, 0) is 20.9 Å². The number of carbonyl (C=O) groups excluding carboxylic acids is 1. The molecule has 0 bridgehead atoms. The van der Waals surface area contributed by atoms with Gasteiger partial charge in [-0.15, -0.1) is 11.3 Å². The highest BCUT2D eigenvalue weighted by molar-refractivity contribution is 8.30. The number of anilines is 1. The molecular weight excluding hydrogens is 635 g/mol. The molecule has 0 aliphatic carbocycles. The summed E-state index contributed by atoms with van der Waals surface area (Å²) >= 11 is 8.78. The molecule has 11 nitrogen and oxygen atoms in total. The predicted octanol–water partition coefficient (Wildman–Crippen LogP) is 3.37. The molecule has 1 aromatic carbocycles. The second-order valence-corrected chi connectivity index (χ2v) is 13.6. The molecule has 0 unspecified atom stereocenters. The van der Waals surface area contributed by atoms with Crippen LogP contribution in [0.2, 0.25) is 0 Å². The third-order valence-electron chi connectivity index (χ3n) is 6.88. The van der Waals surface area contributed by atoms with Crippen molar-refractivity contribution in [2.45, 2.75) is 56.9 Å². The number of allylic oxidation sites excluding steroid dienone is 1. The topological polar surface area (TPSA) is 139 Å². The maximum Gasteiger partial charge on any atom is 0.323 e. The number of aliphatic carboxylic acids is 2. The lowest BCUT2D eigenvalue weighted by Crippen LogP contribution is -2.35. The molecule has 0 atom stereocenters. The summed E-state index contributed by atoms with van der Waals surface area (Å²) in [5.74, 6) is -1.62. The van der Waals surface area contributed by atoms with Gasteiger partial charge in [0.25, 0.3) is 11.5 Å². The fraction of sp³-hybridized carbons (Fsp3) is 0.393. The van der Waals surface area contributed by atoms with E-state index in [0.717, 1.165) is 71.4 Å². The molecular formula is C28H29N3O8S4. The van der Waals surface area contributed by atoms with Crippen LogP contribution in [0.3, 0.4) is 0 Å². The molecule has 1 fully saturated rings. The number of ether oxygens (including phenoxy) is 2. The normalized spacial score (nSPS) is 18.3. The first-order valence-electron chi connectivity index (χ1n) is 13.7. The minimum Gasteiger partial charge on any atom is -0.480 e. The number of aromatic nitrogens is 1. The highest BCUT2D eigenvalue weighted by Gasteiger charge is 2.35. The number of unbranched alkanes of at least 4 members (excludes halogenated alkanes) is 5. The molecule has 2 aromatic rings. The predicted molar refractivity (Wildman–Crippen MR) is 170 cm³/mol. The number of rotatable bonds is 12. The Hall–Kier alpha value is -3.27. The number of carbonyl (C=O) groups is 3. The van der Waals surface area contributed by atoms with E-state index in [1.54, 1.807) is 33.8 Å². The van der Waals surface area contributed by atoms with Gasteiger partial charge in [0, 0.05) is 23.6 Å². The van der Waals surface area contributed by atoms with Crippen molar-refractivity contribution in [2.24, 2.45) is 0 Å². The SMILES string of the molecule is CCCCCCCCn1c(=O)c(=CC=C2Sc3cc4c(cc3N2CC(=O)O)OCO4)s/c1=C1\SC(=S)N(CC(=O)O)C1=O. The van der Waals surface area contributed by atoms with Crippen LogP contribution in [0.15, 0.2) is 32.9 Å². The van der Waals surface area contributed by atoms with E-state index < -0.39 is 24.4 Å². The van der Waals surface area contributed by atoms with E-state index in [9.17, 15) is 29.4 Å². The summed E-state index contributed by atoms with van der Waals surface area (Å²) < 4.78 is 13.4. The molecule has 2 N–H and O–H groups in total. The number of fused-ring (bicyclic) bond motifs is 2. The van der Waals surface area contributed by atoms with Crippen LogP contribution in [-0.4, -0.2) is 61.7 Å². The van der Waals surface area contributed by atoms with E-state index >= 15 is 0 Å². The van der Waals surface area contributed by atoms with Crippen molar-refractivity contribution in [3.8, 4) is 11.5 Å². The number of hydrogen-bond acceptors (Lipinski definition) is 11. The Kier molecular flexibility index (Phi) is 9.84. The second-order valence-electron chi connectivity index (χ2n) is 9.90. The molecule has 3 aliphatic heterocycles. The van der Waals surface area contributed by atoms with Gasteiger partial charge in [0.1, 0.15) is 27.0 Å². The lowest BCUT2D eigenvalue weighted by molar-refractivity contribution is -0.140. The monoisotopic (exact) mass is 663 g/mol. The number of carboxylic acids is 2. The quantitative estimate of drug-likeness (QED) is 0.254. The maximum absolute atomic E-state index is 13.7. The molecule has 0 radical (unpaired) electrons. The third kappa shape index (κ3) is 6.79. The van der Waals surface area contributed by atoms with Gasteiger partial charge in [-0.25, -0.2) is 0 Å². The van der Waals surface area contributed by atoms with Crippen LogP contribution >= 0.6 is 47.1 Å². The number of carboxylic acid groups (broad SMARTS) is 2. The summed E-state index contributed by atoms with van der Waals surface area (Å²) in [7, 11) is 0. The molecule has 3 aliphatic rings. The van der Waals surface area contributed by atoms with E-state index in [4.69, 9.17) is 21.7 Å². The van der Waals surface area contributed by atoms with Gasteiger partial charge in [0.2, 0.25) is 6.79 Å². The summed E-state index contributed by atoms with van der Waals surface area (Å²) in [6.45, 7) is 1.80. The molecule has 1 aromatic heterocycles. The van der Waals surface area contributed by atoms with Crippen LogP contribution in [0, 0.1) is 0 Å². The summed E-state index contributed by atoms with van der Waals surface area (Å²) in [5, 5.41) is 19.4. The summed E-state index contributed by atoms with van der Waals surface area (Å²) in [4.78, 5) is 53.6. The van der Waals surface area contributed by atoms with E-state index in [0.29, 0.717) is 38.0 Å². The molecule has 1 saturated heterocycles. The van der Waals surface area contributed by atoms with E-state index in [2.05, 4.69) is 6.92 Å². The highest BCUT2D eigenvalue weighted by Crippen LogP contribution is 2.51. The Labute approximate surface area is 264 Å². The van der Waals surface area contributed by atoms with Crippen molar-refractivity contribution >= 4 is 85.9 Å². The Morgan fingerprint density at radius 1 is 0.953 bits per heavy atom. The van der Waals surface area contributed by atoms with Crippen molar-refractivity contribution in [1.82, 2.24) is 9.47 Å². The minimum absolute atomic E-state index is 0.0998. The van der Waals surface area contributed by atoms with Crippen molar-refractivity contribution in [1.29, 1.82) is 0 Å². The van der Waals surface area contributed by atoms with Gasteiger partial charge in [-0.2, -0.15) is 0 Å². The zero-order chi connectivity index (χ0) is 30.7. The lowest BCUT2D eigenvalue weighted by atomic mass is 10.1. The molecule has 0 saturated carbocycles. The Bertz CT molecular complexity index is 1700. The Morgan fingerprint density at radius 2 is 1.63 bits per heavy atom. The van der Waals surface area contributed by atoms with Gasteiger partial charge in [-0.3, -0.25) is 28.6 Å². The van der Waals surface area contributed by atoms with Crippen LogP contribution in [0.1, 0.15) is 45.4 Å². The van der Waals surface area contributed by atoms with Crippen molar-refractivity contribution in [3.63, 3.8) is 0 Å². The Morgan fingerprint density at radius 3 is 2.35 bits per heavy atom. The van der Waals surface area contributed by atoms with Crippen molar-refractivity contribution < 1.29 is 34.1 Å². The number of thiocarbonyl (C=S) groups is 1. The van der Waals surface area contributed by atoms with E-state index in [1.165, 1.54) is 11.8 Å². The fourth-order valence-corrected chi connectivity index (χ4v) is 8.37. The van der Waals surface area contributed by atoms with Crippen molar-refractivity contribution in [3.05, 3.63) is 42.8 Å². The first kappa shape index (κ1) is 31.2.